The second kappa shape index (κ2) is 6.85. The molecule has 0 unspecified atom stereocenters. The summed E-state index contributed by atoms with van der Waals surface area (Å²) in [6, 6.07) is 0. The van der Waals surface area contributed by atoms with Gasteiger partial charge in [0, 0.05) is 19.6 Å². The van der Waals surface area contributed by atoms with Crippen LogP contribution >= 0.6 is 0 Å². The molecule has 0 aromatic heterocycles. The molecule has 24 heavy (non-hydrogen) atoms. The highest BCUT2D eigenvalue weighted by Gasteiger charge is 2.51. The first-order valence-electron chi connectivity index (χ1n) is 8.22. The topological polar surface area (TPSA) is 42.0 Å². The molecule has 0 bridgehead atoms. The Labute approximate surface area is 142 Å². The minimum absolute atomic E-state index is 0.299. The van der Waals surface area contributed by atoms with Crippen molar-refractivity contribution in [2.24, 2.45) is 0 Å². The third-order valence-corrected chi connectivity index (χ3v) is 4.09. The molecule has 5 nitrogen and oxygen atoms in total. The number of halogens is 2. The number of hydrogen-bond acceptors (Lipinski definition) is 4. The van der Waals surface area contributed by atoms with Crippen molar-refractivity contribution in [2.45, 2.75) is 57.8 Å². The zero-order chi connectivity index (χ0) is 18.0. The van der Waals surface area contributed by atoms with E-state index in [-0.39, 0.29) is 0 Å². The number of piperidine rings is 1. The molecule has 0 N–H and O–H groups in total. The van der Waals surface area contributed by atoms with Gasteiger partial charge in [-0.25, -0.2) is 4.79 Å². The van der Waals surface area contributed by atoms with Gasteiger partial charge in [-0.15, -0.1) is 5.92 Å². The predicted molar refractivity (Wildman–Crippen MR) is 85.7 cm³/mol. The quantitative estimate of drug-likeness (QED) is 0.686. The van der Waals surface area contributed by atoms with E-state index in [2.05, 4.69) is 11.8 Å². The number of carbonyl (C=O) groups is 1. The van der Waals surface area contributed by atoms with Crippen LogP contribution in [0, 0.1) is 11.8 Å². The van der Waals surface area contributed by atoms with Gasteiger partial charge in [-0.3, -0.25) is 4.90 Å². The lowest BCUT2D eigenvalue weighted by Crippen LogP contribution is -2.62. The highest BCUT2D eigenvalue weighted by Crippen LogP contribution is 2.38. The summed E-state index contributed by atoms with van der Waals surface area (Å²) in [4.78, 5) is 15.3. The summed E-state index contributed by atoms with van der Waals surface area (Å²) in [5.41, 5.74) is -1.51. The molecule has 0 radical (unpaired) electrons. The van der Waals surface area contributed by atoms with Gasteiger partial charge in [0.25, 0.3) is 0 Å². The molecule has 2 saturated heterocycles. The summed E-state index contributed by atoms with van der Waals surface area (Å²) in [6.07, 6.45) is -2.88. The molecule has 7 heteroatoms. The fourth-order valence-corrected chi connectivity index (χ4v) is 3.09. The van der Waals surface area contributed by atoms with Gasteiger partial charge in [0.05, 0.1) is 18.7 Å². The van der Waals surface area contributed by atoms with Crippen LogP contribution in [-0.4, -0.2) is 65.9 Å². The van der Waals surface area contributed by atoms with Crippen molar-refractivity contribution >= 4 is 6.09 Å². The fourth-order valence-electron chi connectivity index (χ4n) is 3.09. The molecule has 0 saturated carbocycles. The van der Waals surface area contributed by atoms with Crippen molar-refractivity contribution in [1.82, 2.24) is 9.80 Å². The van der Waals surface area contributed by atoms with Gasteiger partial charge in [-0.1, -0.05) is 5.92 Å². The molecular formula is C17H26F2N2O3. The Hall–Kier alpha value is -1.39. The van der Waals surface area contributed by atoms with E-state index >= 15 is 0 Å². The molecule has 2 fully saturated rings. The van der Waals surface area contributed by atoms with Crippen LogP contribution in [0.3, 0.4) is 0 Å². The van der Waals surface area contributed by atoms with E-state index in [0.717, 1.165) is 0 Å². The Kier molecular flexibility index (Phi) is 5.41. The summed E-state index contributed by atoms with van der Waals surface area (Å²) >= 11 is 0. The van der Waals surface area contributed by atoms with E-state index in [4.69, 9.17) is 9.47 Å². The van der Waals surface area contributed by atoms with Crippen molar-refractivity contribution in [3.05, 3.63) is 0 Å². The molecule has 2 heterocycles. The van der Waals surface area contributed by atoms with Crippen LogP contribution < -0.4 is 0 Å². The van der Waals surface area contributed by atoms with Gasteiger partial charge in [0.1, 0.15) is 5.60 Å². The van der Waals surface area contributed by atoms with E-state index in [1.54, 1.807) is 37.5 Å². The highest BCUT2D eigenvalue weighted by molar-refractivity contribution is 5.68. The summed E-state index contributed by atoms with van der Waals surface area (Å²) in [7, 11) is 0. The lowest BCUT2D eigenvalue weighted by molar-refractivity contribution is -0.335. The Morgan fingerprint density at radius 2 is 1.88 bits per heavy atom. The van der Waals surface area contributed by atoms with Crippen LogP contribution in [-0.2, 0) is 9.47 Å². The Morgan fingerprint density at radius 1 is 1.25 bits per heavy atom. The first-order valence-corrected chi connectivity index (χ1v) is 8.22. The monoisotopic (exact) mass is 344 g/mol. The average Bonchev–Trinajstić information content (AvgIpc) is 2.42. The van der Waals surface area contributed by atoms with Crippen LogP contribution in [0.25, 0.3) is 0 Å². The molecule has 2 aliphatic heterocycles. The van der Waals surface area contributed by atoms with Gasteiger partial charge >= 0.3 is 12.2 Å². The number of amides is 1. The number of alkyl halides is 2. The van der Waals surface area contributed by atoms with E-state index in [9.17, 15) is 13.6 Å². The van der Waals surface area contributed by atoms with E-state index in [0.29, 0.717) is 39.0 Å². The van der Waals surface area contributed by atoms with Crippen LogP contribution in [0.5, 0.6) is 0 Å². The van der Waals surface area contributed by atoms with Gasteiger partial charge in [0.2, 0.25) is 0 Å². The predicted octanol–water partition coefficient (Wildman–Crippen LogP) is 2.70. The minimum atomic E-state index is -3.19. The third kappa shape index (κ3) is 5.05. The zero-order valence-corrected chi connectivity index (χ0v) is 14.8. The molecule has 0 atom stereocenters. The van der Waals surface area contributed by atoms with Crippen LogP contribution in [0.4, 0.5) is 13.6 Å². The first-order chi connectivity index (χ1) is 11.0. The fraction of sp³-hybridized carbons (Fsp3) is 0.824. The van der Waals surface area contributed by atoms with Crippen LogP contribution in [0.2, 0.25) is 0 Å². The zero-order valence-electron chi connectivity index (χ0n) is 14.8. The normalized spacial score (nSPS) is 23.5. The number of morpholine rings is 1. The number of carbonyl (C=O) groups excluding carboxylic acids is 1. The molecule has 0 aliphatic carbocycles. The SMILES string of the molecule is CC#CCN1CC(F)(F)OC2(CCN(C(=O)OC(C)(C)C)CC2)C1. The highest BCUT2D eigenvalue weighted by atomic mass is 19.3. The largest absolute Gasteiger partial charge is 0.444 e. The number of ether oxygens (including phenoxy) is 2. The number of nitrogens with zero attached hydrogens (tertiary/aromatic N) is 2. The number of hydrogen-bond donors (Lipinski definition) is 0. The van der Waals surface area contributed by atoms with E-state index < -0.39 is 29.9 Å². The maximum atomic E-state index is 14.0. The summed E-state index contributed by atoms with van der Waals surface area (Å²) in [5, 5.41) is 0. The van der Waals surface area contributed by atoms with Crippen molar-refractivity contribution in [1.29, 1.82) is 0 Å². The lowest BCUT2D eigenvalue weighted by Gasteiger charge is -2.49. The molecule has 0 aromatic rings. The summed E-state index contributed by atoms with van der Waals surface area (Å²) in [5.74, 6) is 5.56. The number of rotatable bonds is 1. The summed E-state index contributed by atoms with van der Waals surface area (Å²) < 4.78 is 38.4. The molecule has 1 amide bonds. The Morgan fingerprint density at radius 3 is 2.42 bits per heavy atom. The van der Waals surface area contributed by atoms with Crippen molar-refractivity contribution in [2.75, 3.05) is 32.7 Å². The Bertz CT molecular complexity index is 526. The van der Waals surface area contributed by atoms with Crippen LogP contribution in [0.15, 0.2) is 0 Å². The lowest BCUT2D eigenvalue weighted by atomic mass is 9.89. The van der Waals surface area contributed by atoms with E-state index in [1.807, 2.05) is 0 Å². The third-order valence-electron chi connectivity index (χ3n) is 4.09. The second-order valence-electron chi connectivity index (χ2n) is 7.46. The molecule has 2 rings (SSSR count). The van der Waals surface area contributed by atoms with Crippen LogP contribution in [0.1, 0.15) is 40.5 Å². The van der Waals surface area contributed by atoms with Crippen molar-refractivity contribution < 1.29 is 23.0 Å². The Balaban J connectivity index is 1.99. The average molecular weight is 344 g/mol. The maximum Gasteiger partial charge on any atom is 0.410 e. The second-order valence-corrected chi connectivity index (χ2v) is 7.46. The molecular weight excluding hydrogens is 318 g/mol. The molecule has 136 valence electrons. The molecule has 1 spiro atoms. The minimum Gasteiger partial charge on any atom is -0.444 e. The summed E-state index contributed by atoms with van der Waals surface area (Å²) in [6.45, 7) is 8.03. The molecule has 2 aliphatic rings. The first kappa shape index (κ1) is 18.9. The van der Waals surface area contributed by atoms with Crippen molar-refractivity contribution in [3.8, 4) is 11.8 Å². The van der Waals surface area contributed by atoms with Gasteiger partial charge < -0.3 is 14.4 Å². The van der Waals surface area contributed by atoms with E-state index in [1.165, 1.54) is 0 Å². The van der Waals surface area contributed by atoms with Gasteiger partial charge in [-0.2, -0.15) is 8.78 Å². The van der Waals surface area contributed by atoms with Gasteiger partial charge in [0.15, 0.2) is 0 Å². The van der Waals surface area contributed by atoms with Gasteiger partial charge in [-0.05, 0) is 40.5 Å². The van der Waals surface area contributed by atoms with Crippen molar-refractivity contribution in [3.63, 3.8) is 0 Å². The standard InChI is InChI=1S/C17H26F2N2O3/c1-5-6-9-20-12-16(24-17(18,19)13-20)7-10-21(11-8-16)14(22)23-15(2,3)4/h7-13H2,1-4H3. The smallest absolute Gasteiger partial charge is 0.410 e. The molecule has 0 aromatic carbocycles. The number of likely N-dealkylation sites (tertiary alicyclic amines) is 1. The maximum absolute atomic E-state index is 14.0.